The van der Waals surface area contributed by atoms with E-state index >= 15 is 0 Å². The van der Waals surface area contributed by atoms with Gasteiger partial charge >= 0.3 is 0 Å². The molecule has 0 aliphatic rings. The van der Waals surface area contributed by atoms with Gasteiger partial charge in [-0.25, -0.2) is 0 Å². The summed E-state index contributed by atoms with van der Waals surface area (Å²) < 4.78 is 0. The van der Waals surface area contributed by atoms with E-state index in [0.717, 1.165) is 16.7 Å². The summed E-state index contributed by atoms with van der Waals surface area (Å²) >= 11 is 0. The minimum Gasteiger partial charge on any atom is -0.281 e. The van der Waals surface area contributed by atoms with Crippen molar-refractivity contribution in [2.75, 3.05) is 14.7 Å². The lowest BCUT2D eigenvalue weighted by Crippen LogP contribution is -2.27. The molecule has 6 nitrogen and oxygen atoms in total. The summed E-state index contributed by atoms with van der Waals surface area (Å²) in [6.07, 6.45) is 0. The highest BCUT2D eigenvalue weighted by Gasteiger charge is 2.24. The molecule has 0 bridgehead atoms. The number of aryl methyl sites for hydroxylation is 3. The summed E-state index contributed by atoms with van der Waals surface area (Å²) in [5.41, 5.74) is 6.88. The van der Waals surface area contributed by atoms with Crippen molar-refractivity contribution >= 4 is 51.8 Å². The fourth-order valence-corrected chi connectivity index (χ4v) is 4.59. The second-order valence-electron chi connectivity index (χ2n) is 9.78. The van der Waals surface area contributed by atoms with Gasteiger partial charge in [-0.15, -0.1) is 0 Å². The van der Waals surface area contributed by atoms with Gasteiger partial charge in [0.2, 0.25) is 17.7 Å². The van der Waals surface area contributed by atoms with Crippen molar-refractivity contribution in [3.63, 3.8) is 0 Å². The van der Waals surface area contributed by atoms with Crippen molar-refractivity contribution in [1.29, 1.82) is 0 Å². The second-order valence-corrected chi connectivity index (χ2v) is 9.78. The Morgan fingerprint density at radius 1 is 0.385 bits per heavy atom. The van der Waals surface area contributed by atoms with Crippen LogP contribution in [0.3, 0.4) is 0 Å². The van der Waals surface area contributed by atoms with Gasteiger partial charge in [-0.05, 0) is 75.4 Å². The molecule has 0 saturated carbocycles. The van der Waals surface area contributed by atoms with Gasteiger partial charge in [0.1, 0.15) is 0 Å². The zero-order valence-corrected chi connectivity index (χ0v) is 23.2. The Labute approximate surface area is 230 Å². The van der Waals surface area contributed by atoms with Crippen LogP contribution in [0.5, 0.6) is 0 Å². The molecule has 0 saturated heterocycles. The van der Waals surface area contributed by atoms with E-state index in [1.807, 2.05) is 93.6 Å². The van der Waals surface area contributed by atoms with Gasteiger partial charge in [0.05, 0.1) is 17.1 Å². The van der Waals surface area contributed by atoms with Crippen LogP contribution in [-0.4, -0.2) is 17.7 Å². The number of amides is 3. The minimum atomic E-state index is -0.198. The summed E-state index contributed by atoms with van der Waals surface area (Å²) in [5.74, 6) is -0.593. The molecule has 0 aromatic heterocycles. The molecule has 39 heavy (non-hydrogen) atoms. The van der Waals surface area contributed by atoms with Crippen LogP contribution in [0.15, 0.2) is 91.0 Å². The highest BCUT2D eigenvalue weighted by Crippen LogP contribution is 2.39. The van der Waals surface area contributed by atoms with E-state index in [4.69, 9.17) is 0 Å². The number of hydrogen-bond acceptors (Lipinski definition) is 3. The first-order valence-electron chi connectivity index (χ1n) is 12.8. The van der Waals surface area contributed by atoms with Crippen LogP contribution in [0.1, 0.15) is 37.5 Å². The Kier molecular flexibility index (Phi) is 7.96. The predicted molar refractivity (Wildman–Crippen MR) is 158 cm³/mol. The first-order chi connectivity index (χ1) is 18.5. The summed E-state index contributed by atoms with van der Waals surface area (Å²) in [7, 11) is 0. The maximum Gasteiger partial charge on any atom is 0.228 e. The number of rotatable bonds is 6. The molecule has 0 aliphatic heterocycles. The lowest BCUT2D eigenvalue weighted by atomic mass is 10.1. The molecule has 4 rings (SSSR count). The molecule has 3 amide bonds. The van der Waals surface area contributed by atoms with E-state index in [9.17, 15) is 14.4 Å². The maximum absolute atomic E-state index is 13.0. The van der Waals surface area contributed by atoms with E-state index in [-0.39, 0.29) is 17.7 Å². The molecule has 0 spiro atoms. The second kappa shape index (κ2) is 11.4. The molecule has 0 aliphatic carbocycles. The summed E-state index contributed by atoms with van der Waals surface area (Å²) in [5, 5.41) is 0. The average molecular weight is 520 g/mol. The van der Waals surface area contributed by atoms with Gasteiger partial charge in [0.25, 0.3) is 0 Å². The van der Waals surface area contributed by atoms with Crippen LogP contribution in [0.2, 0.25) is 0 Å². The molecule has 0 unspecified atom stereocenters. The Morgan fingerprint density at radius 3 is 0.769 bits per heavy atom. The zero-order chi connectivity index (χ0) is 28.3. The Balaban J connectivity index is 1.99. The molecular formula is C33H33N3O3. The highest BCUT2D eigenvalue weighted by atomic mass is 16.2. The number of carbonyl (C=O) groups excluding carboxylic acids is 3. The molecule has 0 atom stereocenters. The molecule has 6 heteroatoms. The number of nitrogens with zero attached hydrogens (tertiary/aromatic N) is 3. The lowest BCUT2D eigenvalue weighted by Gasteiger charge is -2.29. The van der Waals surface area contributed by atoms with Crippen molar-refractivity contribution in [2.24, 2.45) is 0 Å². The van der Waals surface area contributed by atoms with Gasteiger partial charge in [0.15, 0.2) is 0 Å². The zero-order valence-electron chi connectivity index (χ0n) is 23.2. The van der Waals surface area contributed by atoms with Crippen LogP contribution in [0.25, 0.3) is 0 Å². The summed E-state index contributed by atoms with van der Waals surface area (Å²) in [6, 6.07) is 28.4. The van der Waals surface area contributed by atoms with Crippen molar-refractivity contribution in [1.82, 2.24) is 0 Å². The van der Waals surface area contributed by atoms with Crippen LogP contribution in [0, 0.1) is 20.8 Å². The maximum atomic E-state index is 13.0. The summed E-state index contributed by atoms with van der Waals surface area (Å²) in [6.45, 7) is 10.4. The van der Waals surface area contributed by atoms with E-state index in [1.165, 1.54) is 20.8 Å². The fourth-order valence-electron chi connectivity index (χ4n) is 4.59. The fraction of sp³-hybridized carbons (Fsp3) is 0.182. The van der Waals surface area contributed by atoms with Crippen molar-refractivity contribution in [3.8, 4) is 0 Å². The van der Waals surface area contributed by atoms with E-state index in [2.05, 4.69) is 0 Å². The molecule has 4 aromatic rings. The standard InChI is InChI=1S/C33H33N3O3/c1-22-7-13-28(14-8-22)34(25(4)37)31-19-32(35(26(5)38)29-15-9-23(2)10-16-29)21-33(20-31)36(27(6)39)30-17-11-24(3)12-18-30/h7-21H,1-6H3. The first kappa shape index (κ1) is 27.3. The number of hydrogen-bond donors (Lipinski definition) is 0. The van der Waals surface area contributed by atoms with E-state index < -0.39 is 0 Å². The van der Waals surface area contributed by atoms with Gasteiger partial charge in [-0.2, -0.15) is 0 Å². The number of anilines is 6. The number of carbonyl (C=O) groups is 3. The third-order valence-corrected chi connectivity index (χ3v) is 6.48. The number of benzene rings is 4. The third kappa shape index (κ3) is 6.07. The SMILES string of the molecule is CC(=O)N(c1ccc(C)cc1)c1cc(N(C(C)=O)c2ccc(C)cc2)cc(N(C(C)=O)c2ccc(C)cc2)c1. The normalized spacial score (nSPS) is 10.6. The molecule has 0 fully saturated rings. The molecule has 0 N–H and O–H groups in total. The van der Waals surface area contributed by atoms with Crippen molar-refractivity contribution in [3.05, 3.63) is 108 Å². The van der Waals surface area contributed by atoms with Gasteiger partial charge in [-0.3, -0.25) is 29.1 Å². The average Bonchev–Trinajstić information content (AvgIpc) is 2.87. The quantitative estimate of drug-likeness (QED) is 0.263. The predicted octanol–water partition coefficient (Wildman–Crippen LogP) is 7.67. The van der Waals surface area contributed by atoms with Gasteiger partial charge in [-0.1, -0.05) is 53.1 Å². The molecule has 198 valence electrons. The third-order valence-electron chi connectivity index (χ3n) is 6.48. The molecule has 0 heterocycles. The van der Waals surface area contributed by atoms with E-state index in [0.29, 0.717) is 34.1 Å². The Bertz CT molecular complexity index is 1310. The highest BCUT2D eigenvalue weighted by molar-refractivity contribution is 6.06. The van der Waals surface area contributed by atoms with Gasteiger partial charge in [0, 0.05) is 37.8 Å². The Morgan fingerprint density at radius 2 is 0.590 bits per heavy atom. The minimum absolute atomic E-state index is 0.198. The monoisotopic (exact) mass is 519 g/mol. The first-order valence-corrected chi connectivity index (χ1v) is 12.8. The van der Waals surface area contributed by atoms with Crippen LogP contribution >= 0.6 is 0 Å². The van der Waals surface area contributed by atoms with Crippen molar-refractivity contribution < 1.29 is 14.4 Å². The largest absolute Gasteiger partial charge is 0.281 e. The summed E-state index contributed by atoms with van der Waals surface area (Å²) in [4.78, 5) is 43.9. The smallest absolute Gasteiger partial charge is 0.228 e. The Hall–Kier alpha value is -4.71. The van der Waals surface area contributed by atoms with Gasteiger partial charge < -0.3 is 0 Å². The topological polar surface area (TPSA) is 60.9 Å². The molecular weight excluding hydrogens is 486 g/mol. The van der Waals surface area contributed by atoms with Crippen LogP contribution in [-0.2, 0) is 14.4 Å². The molecule has 4 aromatic carbocycles. The van der Waals surface area contributed by atoms with Crippen LogP contribution in [0.4, 0.5) is 34.1 Å². The molecule has 0 radical (unpaired) electrons. The lowest BCUT2D eigenvalue weighted by molar-refractivity contribution is -0.116. The van der Waals surface area contributed by atoms with Crippen LogP contribution < -0.4 is 14.7 Å². The van der Waals surface area contributed by atoms with Crippen molar-refractivity contribution in [2.45, 2.75) is 41.5 Å². The van der Waals surface area contributed by atoms with E-state index in [1.54, 1.807) is 32.9 Å².